The molecule has 2 fully saturated rings. The summed E-state index contributed by atoms with van der Waals surface area (Å²) in [6.07, 6.45) is 0.930. The molecular formula is C9H16N2O3. The minimum Gasteiger partial charge on any atom is -0.380 e. The smallest absolute Gasteiger partial charge is 0.237 e. The van der Waals surface area contributed by atoms with Crippen LogP contribution in [0.4, 0.5) is 0 Å². The predicted molar refractivity (Wildman–Crippen MR) is 50.0 cm³/mol. The number of rotatable bonds is 3. The molecular weight excluding hydrogens is 184 g/mol. The summed E-state index contributed by atoms with van der Waals surface area (Å²) >= 11 is 0. The van der Waals surface area contributed by atoms with Gasteiger partial charge in [-0.3, -0.25) is 4.79 Å². The maximum atomic E-state index is 11.6. The molecule has 2 unspecified atom stereocenters. The molecule has 2 saturated heterocycles. The van der Waals surface area contributed by atoms with Crippen LogP contribution >= 0.6 is 0 Å². The van der Waals surface area contributed by atoms with E-state index in [4.69, 9.17) is 9.47 Å². The number of methoxy groups -OCH3 is 1. The maximum Gasteiger partial charge on any atom is 0.237 e. The van der Waals surface area contributed by atoms with Crippen molar-refractivity contribution in [3.05, 3.63) is 0 Å². The first kappa shape index (κ1) is 9.89. The van der Waals surface area contributed by atoms with Crippen LogP contribution < -0.4 is 10.6 Å². The van der Waals surface area contributed by atoms with E-state index in [0.717, 1.165) is 13.0 Å². The Kier molecular flexibility index (Phi) is 3.00. The molecule has 0 aromatic rings. The Morgan fingerprint density at radius 1 is 1.57 bits per heavy atom. The SMILES string of the molecule is COC1CNC(C(=O)NC2COC2)C1. The summed E-state index contributed by atoms with van der Waals surface area (Å²) in [5, 5.41) is 6.05. The standard InChI is InChI=1S/C9H16N2O3/c1-13-7-2-8(10-3-7)9(12)11-6-4-14-5-6/h6-8,10H,2-5H2,1H3,(H,11,12). The van der Waals surface area contributed by atoms with E-state index in [2.05, 4.69) is 10.6 Å². The van der Waals surface area contributed by atoms with Crippen molar-refractivity contribution in [2.75, 3.05) is 26.9 Å². The minimum atomic E-state index is -0.0967. The highest BCUT2D eigenvalue weighted by atomic mass is 16.5. The van der Waals surface area contributed by atoms with Gasteiger partial charge in [-0.15, -0.1) is 0 Å². The molecule has 2 aliphatic heterocycles. The van der Waals surface area contributed by atoms with Gasteiger partial charge in [0.1, 0.15) is 0 Å². The molecule has 0 radical (unpaired) electrons. The van der Waals surface area contributed by atoms with Gasteiger partial charge in [-0.2, -0.15) is 0 Å². The fourth-order valence-electron chi connectivity index (χ4n) is 1.70. The van der Waals surface area contributed by atoms with Crippen LogP contribution in [-0.2, 0) is 14.3 Å². The van der Waals surface area contributed by atoms with Crippen molar-refractivity contribution in [3.8, 4) is 0 Å². The van der Waals surface area contributed by atoms with Crippen LogP contribution in [-0.4, -0.2) is 51.0 Å². The molecule has 0 aromatic carbocycles. The highest BCUT2D eigenvalue weighted by molar-refractivity contribution is 5.82. The Hall–Kier alpha value is -0.650. The summed E-state index contributed by atoms with van der Waals surface area (Å²) in [5.41, 5.74) is 0. The van der Waals surface area contributed by atoms with Gasteiger partial charge in [-0.1, -0.05) is 0 Å². The minimum absolute atomic E-state index is 0.0675. The van der Waals surface area contributed by atoms with E-state index in [1.165, 1.54) is 0 Å². The predicted octanol–water partition coefficient (Wildman–Crippen LogP) is -1.12. The van der Waals surface area contributed by atoms with Crippen LogP contribution in [0.1, 0.15) is 6.42 Å². The summed E-state index contributed by atoms with van der Waals surface area (Å²) in [5.74, 6) is 0.0675. The lowest BCUT2D eigenvalue weighted by atomic mass is 10.1. The van der Waals surface area contributed by atoms with Gasteiger partial charge < -0.3 is 20.1 Å². The highest BCUT2D eigenvalue weighted by Crippen LogP contribution is 2.10. The molecule has 0 spiro atoms. The lowest BCUT2D eigenvalue weighted by Gasteiger charge is -2.28. The van der Waals surface area contributed by atoms with Crippen LogP contribution in [0, 0.1) is 0 Å². The monoisotopic (exact) mass is 200 g/mol. The van der Waals surface area contributed by atoms with Gasteiger partial charge in [-0.05, 0) is 6.42 Å². The molecule has 2 N–H and O–H groups in total. The molecule has 0 aliphatic carbocycles. The number of carbonyl (C=O) groups is 1. The lowest BCUT2D eigenvalue weighted by molar-refractivity contribution is -0.127. The first-order chi connectivity index (χ1) is 6.79. The number of hydrogen-bond acceptors (Lipinski definition) is 4. The highest BCUT2D eigenvalue weighted by Gasteiger charge is 2.31. The Balaban J connectivity index is 1.74. The molecule has 1 amide bonds. The van der Waals surface area contributed by atoms with E-state index in [-0.39, 0.29) is 24.1 Å². The van der Waals surface area contributed by atoms with Gasteiger partial charge in [0, 0.05) is 13.7 Å². The summed E-state index contributed by atoms with van der Waals surface area (Å²) < 4.78 is 10.2. The molecule has 5 heteroatoms. The Morgan fingerprint density at radius 3 is 2.86 bits per heavy atom. The fraction of sp³-hybridized carbons (Fsp3) is 0.889. The molecule has 0 saturated carbocycles. The van der Waals surface area contributed by atoms with Crippen LogP contribution in [0.15, 0.2) is 0 Å². The molecule has 2 heterocycles. The van der Waals surface area contributed by atoms with Crippen LogP contribution in [0.3, 0.4) is 0 Å². The summed E-state index contributed by atoms with van der Waals surface area (Å²) in [4.78, 5) is 11.6. The van der Waals surface area contributed by atoms with Gasteiger partial charge >= 0.3 is 0 Å². The number of amides is 1. The lowest BCUT2D eigenvalue weighted by Crippen LogP contribution is -2.53. The quantitative estimate of drug-likeness (QED) is 0.606. The third-order valence-electron chi connectivity index (χ3n) is 2.72. The third kappa shape index (κ3) is 2.05. The van der Waals surface area contributed by atoms with Crippen molar-refractivity contribution in [1.82, 2.24) is 10.6 Å². The zero-order valence-electron chi connectivity index (χ0n) is 8.29. The van der Waals surface area contributed by atoms with Crippen molar-refractivity contribution < 1.29 is 14.3 Å². The summed E-state index contributed by atoms with van der Waals surface area (Å²) in [6, 6.07) is 0.117. The van der Waals surface area contributed by atoms with Gasteiger partial charge in [0.25, 0.3) is 0 Å². The second-order valence-corrected chi connectivity index (χ2v) is 3.80. The van der Waals surface area contributed by atoms with Crippen molar-refractivity contribution in [2.45, 2.75) is 24.6 Å². The molecule has 80 valence electrons. The fourth-order valence-corrected chi connectivity index (χ4v) is 1.70. The van der Waals surface area contributed by atoms with Crippen molar-refractivity contribution in [1.29, 1.82) is 0 Å². The largest absolute Gasteiger partial charge is 0.380 e. The van der Waals surface area contributed by atoms with Crippen molar-refractivity contribution in [3.63, 3.8) is 0 Å². The second kappa shape index (κ2) is 4.25. The molecule has 0 bridgehead atoms. The van der Waals surface area contributed by atoms with Crippen LogP contribution in [0.5, 0.6) is 0 Å². The summed E-state index contributed by atoms with van der Waals surface area (Å²) in [7, 11) is 1.67. The van der Waals surface area contributed by atoms with E-state index < -0.39 is 0 Å². The van der Waals surface area contributed by atoms with Gasteiger partial charge in [-0.25, -0.2) is 0 Å². The maximum absolute atomic E-state index is 11.6. The molecule has 14 heavy (non-hydrogen) atoms. The zero-order valence-corrected chi connectivity index (χ0v) is 8.29. The Labute approximate surface area is 83.1 Å². The average molecular weight is 200 g/mol. The summed E-state index contributed by atoms with van der Waals surface area (Å²) in [6.45, 7) is 2.05. The van der Waals surface area contributed by atoms with Gasteiger partial charge in [0.05, 0.1) is 31.4 Å². The molecule has 5 nitrogen and oxygen atoms in total. The molecule has 2 rings (SSSR count). The van der Waals surface area contributed by atoms with E-state index in [1.807, 2.05) is 0 Å². The van der Waals surface area contributed by atoms with Gasteiger partial charge in [0.15, 0.2) is 0 Å². The second-order valence-electron chi connectivity index (χ2n) is 3.80. The Bertz CT molecular complexity index is 218. The van der Waals surface area contributed by atoms with E-state index in [0.29, 0.717) is 13.2 Å². The molecule has 2 aliphatic rings. The van der Waals surface area contributed by atoms with Gasteiger partial charge in [0.2, 0.25) is 5.91 Å². The van der Waals surface area contributed by atoms with Crippen LogP contribution in [0.2, 0.25) is 0 Å². The number of carbonyl (C=O) groups excluding carboxylic acids is 1. The normalized spacial score (nSPS) is 32.6. The Morgan fingerprint density at radius 2 is 2.36 bits per heavy atom. The van der Waals surface area contributed by atoms with Crippen molar-refractivity contribution in [2.24, 2.45) is 0 Å². The molecule has 0 aromatic heterocycles. The van der Waals surface area contributed by atoms with E-state index in [9.17, 15) is 4.79 Å². The topological polar surface area (TPSA) is 59.6 Å². The van der Waals surface area contributed by atoms with Crippen molar-refractivity contribution >= 4 is 5.91 Å². The molecule has 2 atom stereocenters. The zero-order chi connectivity index (χ0) is 9.97. The first-order valence-electron chi connectivity index (χ1n) is 4.94. The first-order valence-corrected chi connectivity index (χ1v) is 4.94. The number of hydrogen-bond donors (Lipinski definition) is 2. The third-order valence-corrected chi connectivity index (χ3v) is 2.72. The number of ether oxygens (including phenoxy) is 2. The van der Waals surface area contributed by atoms with E-state index in [1.54, 1.807) is 7.11 Å². The van der Waals surface area contributed by atoms with Crippen LogP contribution in [0.25, 0.3) is 0 Å². The average Bonchev–Trinajstić information content (AvgIpc) is 2.59. The number of nitrogens with one attached hydrogen (secondary N) is 2. The van der Waals surface area contributed by atoms with E-state index >= 15 is 0 Å².